The molecule has 0 amide bonds. The Hall–Kier alpha value is -0.120. The molecule has 3 nitrogen and oxygen atoms in total. The summed E-state index contributed by atoms with van der Waals surface area (Å²) in [5, 5.41) is 10.1. The van der Waals surface area contributed by atoms with E-state index in [1.807, 2.05) is 0 Å². The van der Waals surface area contributed by atoms with Crippen molar-refractivity contribution >= 4 is 0 Å². The molecular formula is C4H7O3. The van der Waals surface area contributed by atoms with Crippen LogP contribution in [-0.2, 0) is 14.6 Å². The second-order valence-corrected chi connectivity index (χ2v) is 1.38. The molecule has 0 bridgehead atoms. The molecule has 1 aliphatic heterocycles. The molecule has 1 rings (SSSR count). The highest BCUT2D eigenvalue weighted by molar-refractivity contribution is 4.37. The molecule has 0 aromatic heterocycles. The second kappa shape index (κ2) is 2.26. The molecule has 1 fully saturated rings. The van der Waals surface area contributed by atoms with E-state index < -0.39 is 6.48 Å². The molecule has 0 aromatic carbocycles. The first-order valence-corrected chi connectivity index (χ1v) is 2.28. The van der Waals surface area contributed by atoms with Gasteiger partial charge in [-0.2, -0.15) is 5.11 Å². The highest BCUT2D eigenvalue weighted by atomic mass is 16.8. The minimum absolute atomic E-state index is 0.550. The fourth-order valence-electron chi connectivity index (χ4n) is 0.466. The van der Waals surface area contributed by atoms with Crippen LogP contribution in [0.4, 0.5) is 0 Å². The number of hydrogen-bond donors (Lipinski definition) is 0. The van der Waals surface area contributed by atoms with Gasteiger partial charge in [-0.3, -0.25) is 0 Å². The standard InChI is InChI=1S/C4H7O3/c5-4-6-2-1-3-7-4/h4H,1-3H2. The van der Waals surface area contributed by atoms with E-state index in [1.165, 1.54) is 0 Å². The average Bonchev–Trinajstić information content (AvgIpc) is 1.69. The van der Waals surface area contributed by atoms with Crippen molar-refractivity contribution in [1.29, 1.82) is 0 Å². The molecule has 7 heavy (non-hydrogen) atoms. The first kappa shape index (κ1) is 5.03. The molecule has 0 unspecified atom stereocenters. The largest absolute Gasteiger partial charge is 0.328 e. The summed E-state index contributed by atoms with van der Waals surface area (Å²) in [6, 6.07) is 0. The van der Waals surface area contributed by atoms with Crippen molar-refractivity contribution in [3.05, 3.63) is 0 Å². The molecule has 0 spiro atoms. The van der Waals surface area contributed by atoms with E-state index in [9.17, 15) is 5.11 Å². The highest BCUT2D eigenvalue weighted by Crippen LogP contribution is 2.00. The van der Waals surface area contributed by atoms with E-state index >= 15 is 0 Å². The first-order chi connectivity index (χ1) is 3.39. The van der Waals surface area contributed by atoms with Crippen LogP contribution in [0.15, 0.2) is 0 Å². The van der Waals surface area contributed by atoms with Gasteiger partial charge in [0.15, 0.2) is 0 Å². The minimum atomic E-state index is -1.21. The maximum absolute atomic E-state index is 10.1. The Labute approximate surface area is 41.8 Å². The Balaban J connectivity index is 2.12. The van der Waals surface area contributed by atoms with E-state index in [1.54, 1.807) is 0 Å². The predicted octanol–water partition coefficient (Wildman–Crippen LogP) is 0.137. The molecule has 1 saturated heterocycles. The van der Waals surface area contributed by atoms with Gasteiger partial charge < -0.3 is 9.47 Å². The lowest BCUT2D eigenvalue weighted by Crippen LogP contribution is -2.22. The third-order valence-corrected chi connectivity index (χ3v) is 0.797. The zero-order valence-corrected chi connectivity index (χ0v) is 3.92. The van der Waals surface area contributed by atoms with Crippen LogP contribution < -0.4 is 0 Å². The van der Waals surface area contributed by atoms with Gasteiger partial charge in [-0.15, -0.1) is 0 Å². The van der Waals surface area contributed by atoms with Gasteiger partial charge in [0.25, 0.3) is 0 Å². The quantitative estimate of drug-likeness (QED) is 0.437. The zero-order valence-electron chi connectivity index (χ0n) is 3.92. The van der Waals surface area contributed by atoms with Crippen molar-refractivity contribution in [3.63, 3.8) is 0 Å². The van der Waals surface area contributed by atoms with Gasteiger partial charge in [0.05, 0.1) is 13.2 Å². The van der Waals surface area contributed by atoms with Crippen molar-refractivity contribution < 1.29 is 14.6 Å². The third-order valence-electron chi connectivity index (χ3n) is 0.797. The summed E-state index contributed by atoms with van der Waals surface area (Å²) in [5.41, 5.74) is 0. The van der Waals surface area contributed by atoms with E-state index in [0.717, 1.165) is 6.42 Å². The lowest BCUT2D eigenvalue weighted by Gasteiger charge is -2.15. The molecule has 0 aliphatic carbocycles. The number of ether oxygens (including phenoxy) is 2. The van der Waals surface area contributed by atoms with Gasteiger partial charge in [-0.1, -0.05) is 0 Å². The maximum atomic E-state index is 10.1. The topological polar surface area (TPSA) is 38.4 Å². The van der Waals surface area contributed by atoms with E-state index in [-0.39, 0.29) is 0 Å². The molecule has 1 radical (unpaired) electrons. The van der Waals surface area contributed by atoms with Crippen LogP contribution in [0.25, 0.3) is 0 Å². The van der Waals surface area contributed by atoms with Gasteiger partial charge in [0.2, 0.25) is 0 Å². The Bertz CT molecular complexity index is 48.9. The summed E-state index contributed by atoms with van der Waals surface area (Å²) < 4.78 is 9.00. The maximum Gasteiger partial charge on any atom is 0.301 e. The molecule has 0 saturated carbocycles. The fraction of sp³-hybridized carbons (Fsp3) is 1.00. The molecule has 1 aliphatic rings. The number of rotatable bonds is 0. The Morgan fingerprint density at radius 2 is 1.86 bits per heavy atom. The van der Waals surface area contributed by atoms with Crippen molar-refractivity contribution in [2.75, 3.05) is 13.2 Å². The van der Waals surface area contributed by atoms with Crippen molar-refractivity contribution in [2.24, 2.45) is 0 Å². The summed E-state index contributed by atoms with van der Waals surface area (Å²) >= 11 is 0. The predicted molar refractivity (Wildman–Crippen MR) is 21.0 cm³/mol. The molecule has 0 atom stereocenters. The normalized spacial score (nSPS) is 25.3. The SMILES string of the molecule is [O]C1OCCCO1. The Kier molecular flexibility index (Phi) is 1.62. The van der Waals surface area contributed by atoms with Crippen LogP contribution >= 0.6 is 0 Å². The van der Waals surface area contributed by atoms with Crippen LogP contribution in [0.3, 0.4) is 0 Å². The van der Waals surface area contributed by atoms with Crippen LogP contribution in [0, 0.1) is 0 Å². The van der Waals surface area contributed by atoms with Gasteiger partial charge >= 0.3 is 6.48 Å². The first-order valence-electron chi connectivity index (χ1n) is 2.28. The molecule has 0 aromatic rings. The molecule has 3 heteroatoms. The zero-order chi connectivity index (χ0) is 5.11. The fourth-order valence-corrected chi connectivity index (χ4v) is 0.466. The Morgan fingerprint density at radius 3 is 2.14 bits per heavy atom. The highest BCUT2D eigenvalue weighted by Gasteiger charge is 2.09. The van der Waals surface area contributed by atoms with Crippen molar-refractivity contribution in [3.8, 4) is 0 Å². The smallest absolute Gasteiger partial charge is 0.301 e. The lowest BCUT2D eigenvalue weighted by molar-refractivity contribution is -0.314. The summed E-state index contributed by atoms with van der Waals surface area (Å²) in [5.74, 6) is 0. The van der Waals surface area contributed by atoms with Gasteiger partial charge in [-0.05, 0) is 6.42 Å². The van der Waals surface area contributed by atoms with E-state index in [4.69, 9.17) is 0 Å². The monoisotopic (exact) mass is 103 g/mol. The summed E-state index contributed by atoms with van der Waals surface area (Å²) in [7, 11) is 0. The van der Waals surface area contributed by atoms with E-state index in [0.29, 0.717) is 13.2 Å². The van der Waals surface area contributed by atoms with Crippen LogP contribution in [0.1, 0.15) is 6.42 Å². The van der Waals surface area contributed by atoms with E-state index in [2.05, 4.69) is 9.47 Å². The lowest BCUT2D eigenvalue weighted by atomic mass is 10.5. The minimum Gasteiger partial charge on any atom is -0.328 e. The summed E-state index contributed by atoms with van der Waals surface area (Å²) in [6.07, 6.45) is 0.846. The van der Waals surface area contributed by atoms with Gasteiger partial charge in [-0.25, -0.2) is 0 Å². The molecule has 1 heterocycles. The molecule has 41 valence electrons. The summed E-state index contributed by atoms with van der Waals surface area (Å²) in [6.45, 7) is -0.115. The second-order valence-electron chi connectivity index (χ2n) is 1.38. The molecular weight excluding hydrogens is 96.0 g/mol. The van der Waals surface area contributed by atoms with Crippen LogP contribution in [0.2, 0.25) is 0 Å². The van der Waals surface area contributed by atoms with Gasteiger partial charge in [0.1, 0.15) is 0 Å². The van der Waals surface area contributed by atoms with Crippen LogP contribution in [-0.4, -0.2) is 19.7 Å². The summed E-state index contributed by atoms with van der Waals surface area (Å²) in [4.78, 5) is 0. The average molecular weight is 103 g/mol. The van der Waals surface area contributed by atoms with Crippen LogP contribution in [0.5, 0.6) is 0 Å². The van der Waals surface area contributed by atoms with Crippen molar-refractivity contribution in [1.82, 2.24) is 0 Å². The Morgan fingerprint density at radius 1 is 1.29 bits per heavy atom. The molecule has 0 N–H and O–H groups in total. The number of hydrogen-bond acceptors (Lipinski definition) is 2. The van der Waals surface area contributed by atoms with Gasteiger partial charge in [0, 0.05) is 0 Å². The third kappa shape index (κ3) is 1.43. The van der Waals surface area contributed by atoms with Crippen molar-refractivity contribution in [2.45, 2.75) is 12.9 Å².